The summed E-state index contributed by atoms with van der Waals surface area (Å²) in [6, 6.07) is 9.31. The van der Waals surface area contributed by atoms with E-state index in [9.17, 15) is 20.0 Å². The van der Waals surface area contributed by atoms with Crippen molar-refractivity contribution in [2.24, 2.45) is 5.10 Å². The van der Waals surface area contributed by atoms with E-state index in [0.717, 1.165) is 17.0 Å². The molecule has 26 heavy (non-hydrogen) atoms. The highest BCUT2D eigenvalue weighted by atomic mass is 16.6. The van der Waals surface area contributed by atoms with E-state index < -0.39 is 16.4 Å². The second kappa shape index (κ2) is 6.63. The number of aromatic nitrogens is 2. The number of hydrogen-bond acceptors (Lipinski definition) is 7. The van der Waals surface area contributed by atoms with Crippen molar-refractivity contribution in [2.75, 3.05) is 7.11 Å². The number of rotatable bonds is 4. The van der Waals surface area contributed by atoms with Gasteiger partial charge in [0.15, 0.2) is 0 Å². The monoisotopic (exact) mass is 354 g/mol. The van der Waals surface area contributed by atoms with Crippen LogP contribution in [0.3, 0.4) is 0 Å². The third-order valence-corrected chi connectivity index (χ3v) is 3.75. The Balaban J connectivity index is 2.14. The SMILES string of the molecule is COc1cc(C=Nn2c(C)nc3ccccc3c2=O)c(O)c([N+](=O)[O-])c1. The number of aromatic hydroxyl groups is 1. The molecule has 1 aromatic heterocycles. The lowest BCUT2D eigenvalue weighted by Crippen LogP contribution is -2.20. The summed E-state index contributed by atoms with van der Waals surface area (Å²) in [5.74, 6) is -0.0579. The molecule has 0 saturated heterocycles. The molecule has 0 aliphatic rings. The van der Waals surface area contributed by atoms with Crippen molar-refractivity contribution in [3.63, 3.8) is 0 Å². The number of hydrogen-bond donors (Lipinski definition) is 1. The first-order valence-corrected chi connectivity index (χ1v) is 7.50. The van der Waals surface area contributed by atoms with E-state index in [0.29, 0.717) is 16.7 Å². The predicted octanol–water partition coefficient (Wildman–Crippen LogP) is 2.21. The van der Waals surface area contributed by atoms with Gasteiger partial charge in [-0.25, -0.2) is 4.98 Å². The Kier molecular flexibility index (Phi) is 4.36. The first-order chi connectivity index (χ1) is 12.4. The number of phenols is 1. The summed E-state index contributed by atoms with van der Waals surface area (Å²) in [7, 11) is 1.35. The number of ether oxygens (including phenoxy) is 1. The molecule has 0 amide bonds. The van der Waals surface area contributed by atoms with E-state index in [1.165, 1.54) is 13.2 Å². The number of nitrogens with zero attached hydrogens (tertiary/aromatic N) is 4. The quantitative estimate of drug-likeness (QED) is 0.436. The first kappa shape index (κ1) is 17.1. The van der Waals surface area contributed by atoms with Crippen LogP contribution in [-0.4, -0.2) is 33.0 Å². The number of nitro groups is 1. The summed E-state index contributed by atoms with van der Waals surface area (Å²) in [6.45, 7) is 1.61. The highest BCUT2D eigenvalue weighted by Crippen LogP contribution is 2.33. The normalized spacial score (nSPS) is 11.2. The predicted molar refractivity (Wildman–Crippen MR) is 95.0 cm³/mol. The van der Waals surface area contributed by atoms with Gasteiger partial charge in [0.25, 0.3) is 5.56 Å². The van der Waals surface area contributed by atoms with Crippen molar-refractivity contribution in [1.29, 1.82) is 0 Å². The minimum absolute atomic E-state index is 0.0375. The Bertz CT molecular complexity index is 1100. The lowest BCUT2D eigenvalue weighted by molar-refractivity contribution is -0.385. The van der Waals surface area contributed by atoms with Crippen molar-refractivity contribution in [1.82, 2.24) is 9.66 Å². The summed E-state index contributed by atoms with van der Waals surface area (Å²) >= 11 is 0. The standard InChI is InChI=1S/C17H14N4O5/c1-10-19-14-6-4-3-5-13(14)17(23)20(10)18-9-11-7-12(26-2)8-15(16(11)22)21(24)25/h3-9,22H,1-2H3. The van der Waals surface area contributed by atoms with Gasteiger partial charge in [-0.1, -0.05) is 12.1 Å². The van der Waals surface area contributed by atoms with Crippen LogP contribution in [0.4, 0.5) is 5.69 Å². The topological polar surface area (TPSA) is 120 Å². The summed E-state index contributed by atoms with van der Waals surface area (Å²) in [6.07, 6.45) is 1.15. The zero-order valence-electron chi connectivity index (χ0n) is 13.9. The highest BCUT2D eigenvalue weighted by Gasteiger charge is 2.19. The van der Waals surface area contributed by atoms with Crippen LogP contribution in [0, 0.1) is 17.0 Å². The maximum Gasteiger partial charge on any atom is 0.315 e. The fourth-order valence-electron chi connectivity index (χ4n) is 2.46. The van der Waals surface area contributed by atoms with Gasteiger partial charge in [0.1, 0.15) is 11.6 Å². The van der Waals surface area contributed by atoms with Crippen molar-refractivity contribution in [3.8, 4) is 11.5 Å². The molecular formula is C17H14N4O5. The molecule has 0 aliphatic carbocycles. The van der Waals surface area contributed by atoms with Crippen LogP contribution in [0.1, 0.15) is 11.4 Å². The van der Waals surface area contributed by atoms with E-state index in [2.05, 4.69) is 10.1 Å². The van der Waals surface area contributed by atoms with Gasteiger partial charge in [-0.2, -0.15) is 9.78 Å². The van der Waals surface area contributed by atoms with Crippen LogP contribution >= 0.6 is 0 Å². The van der Waals surface area contributed by atoms with Crippen LogP contribution in [0.5, 0.6) is 11.5 Å². The highest BCUT2D eigenvalue weighted by molar-refractivity contribution is 5.86. The van der Waals surface area contributed by atoms with Crippen molar-refractivity contribution in [2.45, 2.75) is 6.92 Å². The Labute approximate surface area is 147 Å². The third-order valence-electron chi connectivity index (χ3n) is 3.75. The van der Waals surface area contributed by atoms with E-state index in [1.807, 2.05) is 0 Å². The van der Waals surface area contributed by atoms with Crippen molar-refractivity contribution >= 4 is 22.8 Å². The Morgan fingerprint density at radius 3 is 2.77 bits per heavy atom. The summed E-state index contributed by atoms with van der Waals surface area (Å²) in [5, 5.41) is 25.6. The third kappa shape index (κ3) is 2.97. The fraction of sp³-hybridized carbons (Fsp3) is 0.118. The molecule has 1 heterocycles. The van der Waals surface area contributed by atoms with Crippen LogP contribution in [0.15, 0.2) is 46.3 Å². The molecule has 132 valence electrons. The number of aryl methyl sites for hydroxylation is 1. The molecular weight excluding hydrogens is 340 g/mol. The molecule has 1 N–H and O–H groups in total. The number of methoxy groups -OCH3 is 1. The van der Waals surface area contributed by atoms with Gasteiger partial charge >= 0.3 is 5.69 Å². The molecule has 9 nitrogen and oxygen atoms in total. The van der Waals surface area contributed by atoms with Crippen molar-refractivity contribution < 1.29 is 14.8 Å². The summed E-state index contributed by atoms with van der Waals surface area (Å²) in [5.41, 5.74) is -0.329. The summed E-state index contributed by atoms with van der Waals surface area (Å²) in [4.78, 5) is 27.2. The second-order valence-electron chi connectivity index (χ2n) is 5.38. The number of phenolic OH excluding ortho intramolecular Hbond substituents is 1. The van der Waals surface area contributed by atoms with Crippen LogP contribution in [-0.2, 0) is 0 Å². The molecule has 0 spiro atoms. The number of nitro benzene ring substituents is 1. The number of benzene rings is 2. The fourth-order valence-corrected chi connectivity index (χ4v) is 2.46. The second-order valence-corrected chi connectivity index (χ2v) is 5.38. The lowest BCUT2D eigenvalue weighted by Gasteiger charge is -2.07. The summed E-state index contributed by atoms with van der Waals surface area (Å²) < 4.78 is 6.06. The zero-order valence-corrected chi connectivity index (χ0v) is 13.9. The molecule has 0 fully saturated rings. The van der Waals surface area contributed by atoms with Crippen molar-refractivity contribution in [3.05, 3.63) is 68.3 Å². The molecule has 0 atom stereocenters. The number of fused-ring (bicyclic) bond motifs is 1. The Hall–Kier alpha value is -3.75. The Morgan fingerprint density at radius 2 is 2.08 bits per heavy atom. The molecule has 9 heteroatoms. The smallest absolute Gasteiger partial charge is 0.315 e. The maximum atomic E-state index is 12.6. The van der Waals surface area contributed by atoms with E-state index in [-0.39, 0.29) is 16.9 Å². The van der Waals surface area contributed by atoms with Crippen LogP contribution in [0.2, 0.25) is 0 Å². The average Bonchev–Trinajstić information content (AvgIpc) is 2.62. The van der Waals surface area contributed by atoms with Gasteiger partial charge in [-0.15, -0.1) is 0 Å². The number of para-hydroxylation sites is 1. The van der Waals surface area contributed by atoms with E-state index >= 15 is 0 Å². The maximum absolute atomic E-state index is 12.6. The molecule has 0 unspecified atom stereocenters. The molecule has 0 aliphatic heterocycles. The lowest BCUT2D eigenvalue weighted by atomic mass is 10.1. The van der Waals surface area contributed by atoms with Gasteiger partial charge in [0, 0.05) is 5.56 Å². The largest absolute Gasteiger partial charge is 0.502 e. The molecule has 0 saturated carbocycles. The van der Waals surface area contributed by atoms with Gasteiger partial charge < -0.3 is 9.84 Å². The van der Waals surface area contributed by atoms with Gasteiger partial charge in [0.2, 0.25) is 5.75 Å². The van der Waals surface area contributed by atoms with Gasteiger partial charge in [-0.3, -0.25) is 14.9 Å². The first-order valence-electron chi connectivity index (χ1n) is 7.50. The molecule has 3 aromatic rings. The Morgan fingerprint density at radius 1 is 1.35 bits per heavy atom. The van der Waals surface area contributed by atoms with Crippen LogP contribution < -0.4 is 10.3 Å². The van der Waals surface area contributed by atoms with E-state index in [1.54, 1.807) is 31.2 Å². The molecule has 0 radical (unpaired) electrons. The minimum Gasteiger partial charge on any atom is -0.502 e. The molecule has 3 rings (SSSR count). The van der Waals surface area contributed by atoms with Gasteiger partial charge in [-0.05, 0) is 25.1 Å². The zero-order chi connectivity index (χ0) is 18.8. The minimum atomic E-state index is -0.732. The van der Waals surface area contributed by atoms with E-state index in [4.69, 9.17) is 4.74 Å². The van der Waals surface area contributed by atoms with Gasteiger partial charge in [0.05, 0.1) is 35.2 Å². The van der Waals surface area contributed by atoms with Crippen LogP contribution in [0.25, 0.3) is 10.9 Å². The average molecular weight is 354 g/mol. The molecule has 0 bridgehead atoms. The molecule has 2 aromatic carbocycles.